The molecule has 1 saturated heterocycles. The number of fused-ring (bicyclic) bond motifs is 4. The molecule has 39 heavy (non-hydrogen) atoms. The molecule has 4 aliphatic rings. The average Bonchev–Trinajstić information content (AvgIpc) is 3.53. The van der Waals surface area contributed by atoms with E-state index in [1.807, 2.05) is 0 Å². The molecule has 3 atom stereocenters. The fourth-order valence-corrected chi connectivity index (χ4v) is 15.1. The highest BCUT2D eigenvalue weighted by molar-refractivity contribution is 7.00. The van der Waals surface area contributed by atoms with Gasteiger partial charge in [-0.25, -0.2) is 0 Å². The summed E-state index contributed by atoms with van der Waals surface area (Å²) < 4.78 is 5.94. The Kier molecular flexibility index (Phi) is 6.53. The second kappa shape index (κ2) is 9.54. The fourth-order valence-electron chi connectivity index (χ4n) is 8.58. The number of hydrogen-bond acceptors (Lipinski definition) is 2. The van der Waals surface area contributed by atoms with Crippen LogP contribution in [0.2, 0.25) is 0 Å². The Bertz CT molecular complexity index is 1360. The minimum Gasteiger partial charge on any atom is -0.372 e. The van der Waals surface area contributed by atoms with E-state index in [-0.39, 0.29) is 0 Å². The molecule has 3 heterocycles. The zero-order valence-corrected chi connectivity index (χ0v) is 26.7. The molecule has 6 rings (SSSR count). The average molecular weight is 537 g/mol. The van der Waals surface area contributed by atoms with Gasteiger partial charge in [0.25, 0.3) is 0 Å². The predicted octanol–water partition coefficient (Wildman–Crippen LogP) is 8.02. The summed E-state index contributed by atoms with van der Waals surface area (Å²) in [5, 5.41) is 3.32. The molecule has 0 radical (unpaired) electrons. The van der Waals surface area contributed by atoms with Gasteiger partial charge in [-0.05, 0) is 120 Å². The Morgan fingerprint density at radius 3 is 2.00 bits per heavy atom. The van der Waals surface area contributed by atoms with Crippen LogP contribution in [0.15, 0.2) is 60.1 Å². The van der Waals surface area contributed by atoms with Gasteiger partial charge >= 0.3 is 8.40 Å². The van der Waals surface area contributed by atoms with Gasteiger partial charge < -0.3 is 9.13 Å². The molecule has 0 spiro atoms. The molecular formula is C36H48N2Si. The summed E-state index contributed by atoms with van der Waals surface area (Å²) in [6.07, 6.45) is 14.8. The Labute approximate surface area is 238 Å². The Hall–Kier alpha value is -2.52. The summed E-state index contributed by atoms with van der Waals surface area (Å²) in [5.74, 6) is 2.24. The molecule has 0 N–H and O–H groups in total. The highest BCUT2D eigenvalue weighted by atomic mass is 28.3. The van der Waals surface area contributed by atoms with Crippen LogP contribution in [-0.2, 0) is 0 Å². The van der Waals surface area contributed by atoms with Gasteiger partial charge in [0.05, 0.1) is 5.70 Å². The summed E-state index contributed by atoms with van der Waals surface area (Å²) in [5.41, 5.74) is 12.1. The Morgan fingerprint density at radius 1 is 0.769 bits per heavy atom. The van der Waals surface area contributed by atoms with E-state index in [1.54, 1.807) is 27.2 Å². The van der Waals surface area contributed by atoms with Gasteiger partial charge in [-0.1, -0.05) is 83.9 Å². The van der Waals surface area contributed by atoms with Gasteiger partial charge in [0.15, 0.2) is 0 Å². The van der Waals surface area contributed by atoms with Gasteiger partial charge in [0, 0.05) is 11.7 Å². The first-order chi connectivity index (χ1) is 18.6. The smallest absolute Gasteiger partial charge is 0.336 e. The monoisotopic (exact) mass is 536 g/mol. The van der Waals surface area contributed by atoms with Gasteiger partial charge in [0.2, 0.25) is 0 Å². The standard InChI is InChI=1S/C36H48N2Si/c1-22(2)29-19-30(23(3)4)36(31(20-29)24(5)6)39(35-26(8)17-25(7)18-27(35)9)37-16-11-10-14-33(37)34-21-28-13-12-15-32(28)38(34)39/h10-11,14,16-20,22-24,28,32H,12-13,15,21H2,1-9H3/t28-,32-,39?/m1/s1. The SMILES string of the molecule is Cc1cc(C)c([Si]2(c3c(C(C)C)cc(C(C)C)cc3C(C)C)N3C=CC=CC3=C3C[C@H]4CCC[C@H]4N32)c(C)c1. The molecule has 1 saturated carbocycles. The zero-order chi connectivity index (χ0) is 27.8. The molecule has 1 aliphatic carbocycles. The van der Waals surface area contributed by atoms with E-state index in [0.29, 0.717) is 23.8 Å². The van der Waals surface area contributed by atoms with E-state index >= 15 is 0 Å². The lowest BCUT2D eigenvalue weighted by molar-refractivity contribution is 0.390. The minimum atomic E-state index is -2.69. The van der Waals surface area contributed by atoms with Gasteiger partial charge in [-0.2, -0.15) is 0 Å². The number of aryl methyl sites for hydroxylation is 3. The summed E-state index contributed by atoms with van der Waals surface area (Å²) in [7, 11) is -2.69. The fraction of sp³-hybridized carbons (Fsp3) is 0.500. The molecule has 3 heteroatoms. The van der Waals surface area contributed by atoms with E-state index < -0.39 is 8.40 Å². The maximum atomic E-state index is 3.10. The van der Waals surface area contributed by atoms with E-state index in [0.717, 1.165) is 5.92 Å². The van der Waals surface area contributed by atoms with Crippen LogP contribution in [-0.4, -0.2) is 23.6 Å². The van der Waals surface area contributed by atoms with E-state index in [9.17, 15) is 0 Å². The van der Waals surface area contributed by atoms with Crippen LogP contribution in [0.3, 0.4) is 0 Å². The van der Waals surface area contributed by atoms with Crippen LogP contribution in [0.5, 0.6) is 0 Å². The lowest BCUT2D eigenvalue weighted by Gasteiger charge is -2.49. The molecule has 206 valence electrons. The summed E-state index contributed by atoms with van der Waals surface area (Å²) >= 11 is 0. The molecular weight excluding hydrogens is 488 g/mol. The molecule has 1 unspecified atom stereocenters. The molecule has 2 aromatic carbocycles. The second-order valence-corrected chi connectivity index (χ2v) is 17.0. The van der Waals surface area contributed by atoms with Crippen LogP contribution >= 0.6 is 0 Å². The highest BCUT2D eigenvalue weighted by Gasteiger charge is 2.64. The summed E-state index contributed by atoms with van der Waals surface area (Å²) in [6.45, 7) is 21.5. The Balaban J connectivity index is 1.81. The summed E-state index contributed by atoms with van der Waals surface area (Å²) in [4.78, 5) is 0. The van der Waals surface area contributed by atoms with Crippen LogP contribution in [0.25, 0.3) is 0 Å². The highest BCUT2D eigenvalue weighted by Crippen LogP contribution is 2.53. The number of nitrogens with zero attached hydrogens (tertiary/aromatic N) is 2. The minimum absolute atomic E-state index is 0.463. The molecule has 2 fully saturated rings. The third-order valence-electron chi connectivity index (χ3n) is 10.1. The predicted molar refractivity (Wildman–Crippen MR) is 169 cm³/mol. The van der Waals surface area contributed by atoms with Crippen molar-refractivity contribution in [1.29, 1.82) is 0 Å². The first kappa shape index (κ1) is 26.7. The van der Waals surface area contributed by atoms with Crippen molar-refractivity contribution in [2.24, 2.45) is 5.92 Å². The van der Waals surface area contributed by atoms with Crippen LogP contribution < -0.4 is 10.4 Å². The first-order valence-electron chi connectivity index (χ1n) is 15.5. The normalized spacial score (nSPS) is 25.5. The van der Waals surface area contributed by atoms with Gasteiger partial charge in [-0.15, -0.1) is 0 Å². The van der Waals surface area contributed by atoms with Crippen LogP contribution in [0.1, 0.15) is 118 Å². The number of allylic oxidation sites excluding steroid dienone is 4. The second-order valence-electron chi connectivity index (χ2n) is 13.7. The maximum Gasteiger partial charge on any atom is 0.336 e. The van der Waals surface area contributed by atoms with Crippen LogP contribution in [0.4, 0.5) is 0 Å². The van der Waals surface area contributed by atoms with E-state index in [2.05, 4.69) is 120 Å². The van der Waals surface area contributed by atoms with Crippen molar-refractivity contribution < 1.29 is 0 Å². The van der Waals surface area contributed by atoms with Gasteiger partial charge in [-0.3, -0.25) is 0 Å². The third kappa shape index (κ3) is 3.79. The zero-order valence-electron chi connectivity index (χ0n) is 25.7. The van der Waals surface area contributed by atoms with Crippen LogP contribution in [0, 0.1) is 26.7 Å². The van der Waals surface area contributed by atoms with Crippen molar-refractivity contribution in [1.82, 2.24) is 9.13 Å². The number of benzene rings is 2. The lowest BCUT2D eigenvalue weighted by atomic mass is 9.89. The molecule has 0 aromatic heterocycles. The first-order valence-corrected chi connectivity index (χ1v) is 17.4. The molecule has 2 aromatic rings. The summed E-state index contributed by atoms with van der Waals surface area (Å²) in [6, 6.07) is 10.8. The van der Waals surface area contributed by atoms with Crippen molar-refractivity contribution in [2.75, 3.05) is 0 Å². The molecule has 0 amide bonds. The van der Waals surface area contributed by atoms with Gasteiger partial charge in [0.1, 0.15) is 0 Å². The quantitative estimate of drug-likeness (QED) is 0.357. The Morgan fingerprint density at radius 2 is 1.41 bits per heavy atom. The molecule has 2 nitrogen and oxygen atoms in total. The van der Waals surface area contributed by atoms with Crippen molar-refractivity contribution in [3.05, 3.63) is 93.5 Å². The van der Waals surface area contributed by atoms with E-state index in [1.165, 1.54) is 53.6 Å². The van der Waals surface area contributed by atoms with Crippen molar-refractivity contribution in [3.63, 3.8) is 0 Å². The third-order valence-corrected chi connectivity index (χ3v) is 15.2. The largest absolute Gasteiger partial charge is 0.372 e. The molecule has 0 bridgehead atoms. The van der Waals surface area contributed by atoms with E-state index in [4.69, 9.17) is 0 Å². The topological polar surface area (TPSA) is 6.48 Å². The number of hydrogen-bond donors (Lipinski definition) is 0. The lowest BCUT2D eigenvalue weighted by Crippen LogP contribution is -2.78. The van der Waals surface area contributed by atoms with Crippen molar-refractivity contribution in [2.45, 2.75) is 112 Å². The van der Waals surface area contributed by atoms with Crippen molar-refractivity contribution in [3.8, 4) is 0 Å². The molecule has 3 aliphatic heterocycles. The maximum absolute atomic E-state index is 3.10. The van der Waals surface area contributed by atoms with Crippen molar-refractivity contribution >= 4 is 18.8 Å². The number of rotatable bonds is 5.